The number of benzene rings is 1. The van der Waals surface area contributed by atoms with Gasteiger partial charge in [0.05, 0.1) is 12.1 Å². The molecule has 1 aliphatic rings. The summed E-state index contributed by atoms with van der Waals surface area (Å²) in [5.41, 5.74) is 9.31. The number of nitrogens with one attached hydrogen (secondary N) is 9. The third kappa shape index (κ3) is 27.7. The summed E-state index contributed by atoms with van der Waals surface area (Å²) in [5, 5.41) is 39.3. The van der Waals surface area contributed by atoms with Crippen LogP contribution in [0.1, 0.15) is 140 Å². The molecule has 1 fully saturated rings. The van der Waals surface area contributed by atoms with Gasteiger partial charge in [-0.2, -0.15) is 13.2 Å². The van der Waals surface area contributed by atoms with E-state index in [0.717, 1.165) is 5.56 Å². The highest BCUT2D eigenvalue weighted by atomic mass is 19.4. The lowest BCUT2D eigenvalue weighted by Gasteiger charge is -2.28. The number of amides is 9. The highest BCUT2D eigenvalue weighted by molar-refractivity contribution is 5.98. The second-order valence-electron chi connectivity index (χ2n) is 22.3. The Hall–Kier alpha value is -8.81. The van der Waals surface area contributed by atoms with Crippen LogP contribution >= 0.6 is 0 Å². The highest BCUT2D eigenvalue weighted by Crippen LogP contribution is 2.21. The summed E-state index contributed by atoms with van der Waals surface area (Å²) in [6, 6.07) is 1.86. The first-order chi connectivity index (χ1) is 42.5. The van der Waals surface area contributed by atoms with Crippen LogP contribution in [0, 0.1) is 11.8 Å². The molecular weight excluding hydrogens is 1190 g/mol. The maximum atomic E-state index is 14.3. The molecule has 29 nitrogen and oxygen atoms in total. The summed E-state index contributed by atoms with van der Waals surface area (Å²) < 4.78 is 41.4. The van der Waals surface area contributed by atoms with Gasteiger partial charge >= 0.3 is 30.1 Å². The zero-order valence-electron chi connectivity index (χ0n) is 50.8. The molecule has 2 aromatic rings. The van der Waals surface area contributed by atoms with E-state index in [-0.39, 0.29) is 75.1 Å². The zero-order chi connectivity index (χ0) is 67.1. The van der Waals surface area contributed by atoms with E-state index in [2.05, 4.69) is 52.4 Å². The normalized spacial score (nSPS) is 14.9. The predicted molar refractivity (Wildman–Crippen MR) is 315 cm³/mol. The Morgan fingerprint density at radius 2 is 1.23 bits per heavy atom. The fourth-order valence-corrected chi connectivity index (χ4v) is 9.36. The number of aryl methyl sites for hydroxylation is 1. The summed E-state index contributed by atoms with van der Waals surface area (Å²) in [6.45, 7) is 7.03. The van der Waals surface area contributed by atoms with Crippen molar-refractivity contribution in [2.45, 2.75) is 179 Å². The van der Waals surface area contributed by atoms with E-state index in [1.807, 2.05) is 19.2 Å². The van der Waals surface area contributed by atoms with Crippen molar-refractivity contribution in [2.75, 3.05) is 31.6 Å². The number of hydrazine groups is 1. The smallest absolute Gasteiger partial charge is 0.481 e. The van der Waals surface area contributed by atoms with Gasteiger partial charge in [0.1, 0.15) is 48.1 Å². The van der Waals surface area contributed by atoms with Crippen molar-refractivity contribution in [1.82, 2.24) is 52.4 Å². The van der Waals surface area contributed by atoms with Gasteiger partial charge in [0, 0.05) is 38.5 Å². The number of esters is 2. The van der Waals surface area contributed by atoms with E-state index in [0.29, 0.717) is 56.6 Å². The van der Waals surface area contributed by atoms with E-state index >= 15 is 0 Å². The Morgan fingerprint density at radius 1 is 0.656 bits per heavy atom. The third-order valence-electron chi connectivity index (χ3n) is 14.0. The lowest BCUT2D eigenvalue weighted by atomic mass is 10.0. The number of hydrogen-bond donors (Lipinski definition) is 13. The number of pyridine rings is 1. The first-order valence-corrected chi connectivity index (χ1v) is 29.6. The molecule has 2 heterocycles. The largest absolute Gasteiger partial charge is 0.491 e. The van der Waals surface area contributed by atoms with Crippen molar-refractivity contribution in [3.8, 4) is 0 Å². The molecular formula is C58H84F3N13O16. The minimum Gasteiger partial charge on any atom is -0.481 e. The van der Waals surface area contributed by atoms with E-state index in [9.17, 15) is 85.7 Å². The standard InChI is InChI=1S/C58H84F3N13O16/c1-33(2)29-41(72-55(86)43-16-12-28-74(43)46(76)17-9-6-10-27-64-49(80)36-19-23-44(73-63)65-31-36)50(81)66-32-45(75)67-38(20-18-35-13-7-5-8-14-35)52(83)68-37(15-11-26-62)51(82)71-42(30-34(3)4)54(85)69-39(21-24-47(77)78)53(84)70-40(56(87)88)22-25-48(79)90-57(89)58(59,60)61/h5,7-8,13-14,19,23,31,33-34,37-43H,6,9-12,15-18,20-22,24-30,32,62-63H2,1-4H3,(H,64,80)(H,65,73)(H,66,81)(H,67,75)(H,68,83)(H,69,85)(H,70,84)(H,71,82)(H,72,86)(H,77,78)(H,87,88)/t37-,38-,39-,40-,41-,42-,43-/m0/s1. The van der Waals surface area contributed by atoms with Crippen molar-refractivity contribution >= 4 is 82.9 Å². The topological polar surface area (TPSA) is 448 Å². The summed E-state index contributed by atoms with van der Waals surface area (Å²) in [4.78, 5) is 175. The molecule has 1 aliphatic heterocycles. The number of hydrogen-bond acceptors (Lipinski definition) is 18. The summed E-state index contributed by atoms with van der Waals surface area (Å²) >= 11 is 0. The minimum atomic E-state index is -5.55. The molecule has 0 aliphatic carbocycles. The maximum absolute atomic E-state index is 14.3. The van der Waals surface area contributed by atoms with Crippen LogP contribution in [0.4, 0.5) is 19.0 Å². The van der Waals surface area contributed by atoms with Crippen LogP contribution in [0.2, 0.25) is 0 Å². The number of ether oxygens (including phenoxy) is 1. The molecule has 0 bridgehead atoms. The Labute approximate surface area is 518 Å². The van der Waals surface area contributed by atoms with Gasteiger partial charge in [-0.05, 0) is 113 Å². The predicted octanol–water partition coefficient (Wildman–Crippen LogP) is 0.499. The van der Waals surface area contributed by atoms with Crippen molar-refractivity contribution in [1.29, 1.82) is 0 Å². The van der Waals surface area contributed by atoms with Gasteiger partial charge in [-0.15, -0.1) is 0 Å². The number of aliphatic carboxylic acids is 2. The first-order valence-electron chi connectivity index (χ1n) is 29.6. The van der Waals surface area contributed by atoms with Crippen molar-refractivity contribution < 1.29 is 90.5 Å². The second kappa shape index (κ2) is 38.6. The molecule has 0 saturated carbocycles. The van der Waals surface area contributed by atoms with Gasteiger partial charge < -0.3 is 73.5 Å². The molecule has 1 aromatic heterocycles. The molecule has 0 radical (unpaired) electrons. The summed E-state index contributed by atoms with van der Waals surface area (Å²) in [6.07, 6.45) is -4.60. The van der Waals surface area contributed by atoms with Crippen molar-refractivity contribution in [3.63, 3.8) is 0 Å². The number of carbonyl (C=O) groups is 13. The first kappa shape index (κ1) is 75.4. The van der Waals surface area contributed by atoms with Crippen LogP contribution in [0.3, 0.4) is 0 Å². The van der Waals surface area contributed by atoms with Gasteiger partial charge in [0.15, 0.2) is 0 Å². The molecule has 9 amide bonds. The van der Waals surface area contributed by atoms with E-state index in [1.54, 1.807) is 56.3 Å². The van der Waals surface area contributed by atoms with Crippen molar-refractivity contribution in [2.24, 2.45) is 23.4 Å². The Kier molecular flexibility index (Phi) is 32.3. The Morgan fingerprint density at radius 3 is 1.80 bits per heavy atom. The van der Waals surface area contributed by atoms with Crippen LogP contribution < -0.4 is 59.5 Å². The number of unbranched alkanes of at least 4 members (excludes halogenated alkanes) is 2. The van der Waals surface area contributed by atoms with Gasteiger partial charge in [0.2, 0.25) is 47.3 Å². The quantitative estimate of drug-likeness (QED) is 0.0142. The van der Waals surface area contributed by atoms with E-state index in [1.165, 1.54) is 11.1 Å². The zero-order valence-corrected chi connectivity index (χ0v) is 50.8. The fourth-order valence-electron chi connectivity index (χ4n) is 9.36. The molecule has 0 unspecified atom stereocenters. The average molecular weight is 1280 g/mol. The average Bonchev–Trinajstić information content (AvgIpc) is 1.88. The summed E-state index contributed by atoms with van der Waals surface area (Å²) in [5.74, 6) is -9.50. The van der Waals surface area contributed by atoms with Gasteiger partial charge in [-0.25, -0.2) is 20.4 Å². The number of carboxylic acid groups (broad SMARTS) is 2. The highest BCUT2D eigenvalue weighted by Gasteiger charge is 2.43. The molecule has 32 heteroatoms. The van der Waals surface area contributed by atoms with E-state index in [4.69, 9.17) is 11.6 Å². The Bertz CT molecular complexity index is 2780. The molecule has 1 saturated heterocycles. The Balaban J connectivity index is 1.71. The molecule has 3 rings (SSSR count). The maximum Gasteiger partial charge on any atom is 0.491 e. The molecule has 90 heavy (non-hydrogen) atoms. The molecule has 7 atom stereocenters. The molecule has 0 spiro atoms. The SMILES string of the molecule is CC(C)C[C@H](NC(=O)[C@H](CCCN)NC(=O)[C@H](CCc1ccccc1)NC(=O)CNC(=O)[C@H](CC(C)C)NC(=O)[C@@H]1CCCN1C(=O)CCCCCNC(=O)c1ccc(NN)nc1)C(=O)N[C@@H](CCC(=O)O)C(=O)N[C@@H](CCC(=O)OC(=O)C(F)(F)F)C(=O)O. The van der Waals surface area contributed by atoms with Crippen molar-refractivity contribution in [3.05, 3.63) is 59.8 Å². The second-order valence-corrected chi connectivity index (χ2v) is 22.3. The number of alkyl halides is 3. The van der Waals surface area contributed by atoms with Gasteiger partial charge in [0.25, 0.3) is 5.91 Å². The number of nitrogens with two attached hydrogens (primary N) is 2. The number of carbonyl (C=O) groups excluding carboxylic acids is 11. The number of halogens is 3. The van der Waals surface area contributed by atoms with Crippen LogP contribution in [-0.4, -0.2) is 172 Å². The van der Waals surface area contributed by atoms with Crippen LogP contribution in [-0.2, 0) is 68.7 Å². The molecule has 15 N–H and O–H groups in total. The van der Waals surface area contributed by atoms with Crippen LogP contribution in [0.15, 0.2) is 48.7 Å². The van der Waals surface area contributed by atoms with Crippen LogP contribution in [0.5, 0.6) is 0 Å². The number of likely N-dealkylation sites (tertiary alicyclic amines) is 1. The fraction of sp³-hybridized carbons (Fsp3) is 0.586. The lowest BCUT2D eigenvalue weighted by Crippen LogP contribution is -2.59. The van der Waals surface area contributed by atoms with Gasteiger partial charge in [-0.3, -0.25) is 52.7 Å². The van der Waals surface area contributed by atoms with E-state index < -0.39 is 146 Å². The number of anilines is 1. The number of nitrogens with zero attached hydrogens (tertiary/aromatic N) is 2. The van der Waals surface area contributed by atoms with Crippen LogP contribution in [0.25, 0.3) is 0 Å². The third-order valence-corrected chi connectivity index (χ3v) is 14.0. The monoisotopic (exact) mass is 1280 g/mol. The molecule has 498 valence electrons. The number of carboxylic acids is 2. The molecule has 1 aromatic carbocycles. The number of rotatable bonds is 39. The number of nitrogen functional groups attached to an aromatic ring is 1. The minimum absolute atomic E-state index is 0.0267. The lowest BCUT2D eigenvalue weighted by molar-refractivity contribution is -0.201. The summed E-state index contributed by atoms with van der Waals surface area (Å²) in [7, 11) is 0. The number of aromatic nitrogens is 1. The van der Waals surface area contributed by atoms with Gasteiger partial charge in [-0.1, -0.05) is 64.4 Å².